The lowest BCUT2D eigenvalue weighted by molar-refractivity contribution is 0.135. The van der Waals surface area contributed by atoms with Crippen molar-refractivity contribution in [1.82, 2.24) is 14.1 Å². The minimum absolute atomic E-state index is 0.116. The Morgan fingerprint density at radius 3 is 1.97 bits per heavy atom. The molecule has 0 saturated heterocycles. The van der Waals surface area contributed by atoms with Crippen molar-refractivity contribution < 1.29 is 5.11 Å². The molecular weight excluding hydrogens is 362 g/mol. The van der Waals surface area contributed by atoms with E-state index in [4.69, 9.17) is 0 Å². The Balaban J connectivity index is 1.54. The predicted octanol–water partition coefficient (Wildman–Crippen LogP) is 3.87. The minimum Gasteiger partial charge on any atom is -0.389 e. The number of hydrogen-bond acceptors (Lipinski definition) is 3. The lowest BCUT2D eigenvalue weighted by atomic mass is 10.2. The average molecular weight is 383 g/mol. The number of aromatic nitrogens is 3. The molecule has 0 aliphatic heterocycles. The SMILES string of the molecule is Cc1nc2ccccc2c(=O)n1CC(O)Cn1c2ccccc2c2ccccc21. The second-order valence-corrected chi connectivity index (χ2v) is 7.39. The third kappa shape index (κ3) is 2.91. The van der Waals surface area contributed by atoms with Crippen molar-refractivity contribution in [2.75, 3.05) is 0 Å². The largest absolute Gasteiger partial charge is 0.389 e. The zero-order chi connectivity index (χ0) is 20.0. The lowest BCUT2D eigenvalue weighted by Crippen LogP contribution is -2.31. The van der Waals surface area contributed by atoms with E-state index in [1.807, 2.05) is 42.5 Å². The minimum atomic E-state index is -0.728. The van der Waals surface area contributed by atoms with Gasteiger partial charge in [-0.3, -0.25) is 9.36 Å². The molecule has 5 nitrogen and oxygen atoms in total. The van der Waals surface area contributed by atoms with Gasteiger partial charge < -0.3 is 9.67 Å². The van der Waals surface area contributed by atoms with Gasteiger partial charge >= 0.3 is 0 Å². The van der Waals surface area contributed by atoms with Crippen LogP contribution in [0.25, 0.3) is 32.7 Å². The molecule has 2 aromatic heterocycles. The van der Waals surface area contributed by atoms with Crippen LogP contribution in [-0.2, 0) is 13.1 Å². The lowest BCUT2D eigenvalue weighted by Gasteiger charge is -2.17. The summed E-state index contributed by atoms with van der Waals surface area (Å²) in [5, 5.41) is 13.8. The third-order valence-electron chi connectivity index (χ3n) is 5.52. The molecule has 144 valence electrons. The fourth-order valence-corrected chi connectivity index (χ4v) is 4.17. The van der Waals surface area contributed by atoms with Gasteiger partial charge in [0.15, 0.2) is 0 Å². The normalized spacial score (nSPS) is 12.8. The molecule has 5 rings (SSSR count). The zero-order valence-electron chi connectivity index (χ0n) is 16.1. The number of benzene rings is 3. The van der Waals surface area contributed by atoms with E-state index in [1.54, 1.807) is 17.6 Å². The van der Waals surface area contributed by atoms with E-state index in [0.29, 0.717) is 23.3 Å². The molecular formula is C24H21N3O2. The van der Waals surface area contributed by atoms with Crippen LogP contribution in [-0.4, -0.2) is 25.3 Å². The summed E-state index contributed by atoms with van der Waals surface area (Å²) in [4.78, 5) is 17.4. The zero-order valence-corrected chi connectivity index (χ0v) is 16.1. The standard InChI is InChI=1S/C24H21N3O2/c1-16-25-21-11-5-2-10-20(21)24(29)26(16)14-17(28)15-27-22-12-6-3-8-18(22)19-9-4-7-13-23(19)27/h2-13,17,28H,14-15H2,1H3. The first-order valence-electron chi connectivity index (χ1n) is 9.73. The van der Waals surface area contributed by atoms with E-state index >= 15 is 0 Å². The Morgan fingerprint density at radius 2 is 1.31 bits per heavy atom. The second-order valence-electron chi connectivity index (χ2n) is 7.39. The summed E-state index contributed by atoms with van der Waals surface area (Å²) in [6.07, 6.45) is -0.728. The molecule has 0 fully saturated rings. The molecule has 0 amide bonds. The molecule has 1 atom stereocenters. The molecule has 1 N–H and O–H groups in total. The first-order valence-corrected chi connectivity index (χ1v) is 9.73. The van der Waals surface area contributed by atoms with E-state index in [9.17, 15) is 9.90 Å². The van der Waals surface area contributed by atoms with Crippen LogP contribution < -0.4 is 5.56 Å². The van der Waals surface area contributed by atoms with E-state index in [-0.39, 0.29) is 12.1 Å². The number of rotatable bonds is 4. The Labute approximate surface area is 167 Å². The number of aliphatic hydroxyl groups excluding tert-OH is 1. The quantitative estimate of drug-likeness (QED) is 0.512. The predicted molar refractivity (Wildman–Crippen MR) is 116 cm³/mol. The molecule has 5 heteroatoms. The van der Waals surface area contributed by atoms with Crippen molar-refractivity contribution in [3.63, 3.8) is 0 Å². The topological polar surface area (TPSA) is 60.1 Å². The van der Waals surface area contributed by atoms with Crippen molar-refractivity contribution in [3.05, 3.63) is 89.0 Å². The van der Waals surface area contributed by atoms with Gasteiger partial charge in [-0.2, -0.15) is 0 Å². The maximum atomic E-state index is 12.9. The number of aryl methyl sites for hydroxylation is 1. The fraction of sp³-hybridized carbons (Fsp3) is 0.167. The number of fused-ring (bicyclic) bond motifs is 4. The van der Waals surface area contributed by atoms with Crippen LogP contribution in [0.15, 0.2) is 77.6 Å². The summed E-state index contributed by atoms with van der Waals surface area (Å²) in [6, 6.07) is 23.7. The van der Waals surface area contributed by atoms with Crippen LogP contribution in [0, 0.1) is 6.92 Å². The molecule has 3 aromatic carbocycles. The highest BCUT2D eigenvalue weighted by Gasteiger charge is 2.16. The number of hydrogen-bond donors (Lipinski definition) is 1. The summed E-state index contributed by atoms with van der Waals surface area (Å²) in [6.45, 7) is 2.40. The maximum absolute atomic E-state index is 12.9. The van der Waals surface area contributed by atoms with Crippen molar-refractivity contribution in [2.24, 2.45) is 0 Å². The Bertz CT molecular complexity index is 1360. The highest BCUT2D eigenvalue weighted by Crippen LogP contribution is 2.28. The molecule has 0 spiro atoms. The van der Waals surface area contributed by atoms with E-state index in [2.05, 4.69) is 33.8 Å². The van der Waals surface area contributed by atoms with Crippen molar-refractivity contribution >= 4 is 32.7 Å². The molecule has 2 heterocycles. The smallest absolute Gasteiger partial charge is 0.261 e. The fourth-order valence-electron chi connectivity index (χ4n) is 4.17. The summed E-state index contributed by atoms with van der Waals surface area (Å²) < 4.78 is 3.70. The third-order valence-corrected chi connectivity index (χ3v) is 5.52. The van der Waals surface area contributed by atoms with E-state index in [1.165, 1.54) is 0 Å². The Kier molecular flexibility index (Phi) is 4.18. The highest BCUT2D eigenvalue weighted by molar-refractivity contribution is 6.07. The van der Waals surface area contributed by atoms with Crippen LogP contribution in [0.3, 0.4) is 0 Å². The molecule has 0 bridgehead atoms. The van der Waals surface area contributed by atoms with Crippen LogP contribution in [0.5, 0.6) is 0 Å². The van der Waals surface area contributed by atoms with Gasteiger partial charge in [-0.1, -0.05) is 48.5 Å². The summed E-state index contributed by atoms with van der Waals surface area (Å²) in [5.74, 6) is 0.606. The molecule has 5 aromatic rings. The molecule has 0 saturated carbocycles. The van der Waals surface area contributed by atoms with Crippen LogP contribution in [0.2, 0.25) is 0 Å². The maximum Gasteiger partial charge on any atom is 0.261 e. The number of para-hydroxylation sites is 3. The second kappa shape index (κ2) is 6.87. The van der Waals surface area contributed by atoms with Gasteiger partial charge in [0.05, 0.1) is 30.1 Å². The molecule has 0 aliphatic carbocycles. The highest BCUT2D eigenvalue weighted by atomic mass is 16.3. The van der Waals surface area contributed by atoms with Gasteiger partial charge in [0.25, 0.3) is 5.56 Å². The number of nitrogens with zero attached hydrogens (tertiary/aromatic N) is 3. The Morgan fingerprint density at radius 1 is 0.793 bits per heavy atom. The first-order chi connectivity index (χ1) is 14.1. The number of aliphatic hydroxyl groups is 1. The van der Waals surface area contributed by atoms with Crippen LogP contribution in [0.1, 0.15) is 5.82 Å². The summed E-state index contributed by atoms with van der Waals surface area (Å²) in [5.41, 5.74) is 2.72. The monoisotopic (exact) mass is 383 g/mol. The molecule has 1 unspecified atom stereocenters. The molecule has 0 aliphatic rings. The van der Waals surface area contributed by atoms with Gasteiger partial charge in [-0.15, -0.1) is 0 Å². The Hall–Kier alpha value is -3.44. The van der Waals surface area contributed by atoms with Crippen LogP contribution in [0.4, 0.5) is 0 Å². The van der Waals surface area contributed by atoms with Gasteiger partial charge in [0.2, 0.25) is 0 Å². The van der Waals surface area contributed by atoms with E-state index < -0.39 is 6.10 Å². The van der Waals surface area contributed by atoms with Gasteiger partial charge in [0.1, 0.15) is 5.82 Å². The average Bonchev–Trinajstić information content (AvgIpc) is 3.05. The van der Waals surface area contributed by atoms with Crippen molar-refractivity contribution in [1.29, 1.82) is 0 Å². The summed E-state index contributed by atoms with van der Waals surface area (Å²) in [7, 11) is 0. The first kappa shape index (κ1) is 17.6. The molecule has 0 radical (unpaired) electrons. The van der Waals surface area contributed by atoms with Gasteiger partial charge in [0, 0.05) is 21.8 Å². The van der Waals surface area contributed by atoms with Crippen molar-refractivity contribution in [2.45, 2.75) is 26.1 Å². The van der Waals surface area contributed by atoms with Crippen LogP contribution >= 0.6 is 0 Å². The van der Waals surface area contributed by atoms with Gasteiger partial charge in [-0.05, 0) is 31.2 Å². The van der Waals surface area contributed by atoms with Gasteiger partial charge in [-0.25, -0.2) is 4.98 Å². The summed E-state index contributed by atoms with van der Waals surface area (Å²) >= 11 is 0. The van der Waals surface area contributed by atoms with E-state index in [0.717, 1.165) is 21.8 Å². The van der Waals surface area contributed by atoms with Crippen molar-refractivity contribution in [3.8, 4) is 0 Å². The molecule has 29 heavy (non-hydrogen) atoms.